The Bertz CT molecular complexity index is 720. The number of nitrogens with zero attached hydrogens (tertiary/aromatic N) is 1. The number of fused-ring (bicyclic) bond motifs is 1. The highest BCUT2D eigenvalue weighted by Crippen LogP contribution is 2.33. The van der Waals surface area contributed by atoms with Crippen molar-refractivity contribution in [2.24, 2.45) is 0 Å². The lowest BCUT2D eigenvalue weighted by Crippen LogP contribution is -2.38. The third-order valence-electron chi connectivity index (χ3n) is 3.68. The minimum atomic E-state index is -4.83. The second-order valence-electron chi connectivity index (χ2n) is 5.86. The summed E-state index contributed by atoms with van der Waals surface area (Å²) in [5, 5.41) is 2.03. The molecule has 0 spiro atoms. The number of alkyl halides is 6. The summed E-state index contributed by atoms with van der Waals surface area (Å²) in [7, 11) is 0. The first-order chi connectivity index (χ1) is 12.9. The van der Waals surface area contributed by atoms with Crippen molar-refractivity contribution < 1.29 is 45.4 Å². The van der Waals surface area contributed by atoms with Crippen LogP contribution < -0.4 is 15.0 Å². The summed E-state index contributed by atoms with van der Waals surface area (Å²) in [6.45, 7) is -1.67. The molecule has 0 fully saturated rings. The summed E-state index contributed by atoms with van der Waals surface area (Å²) in [6.07, 6.45) is -10.0. The lowest BCUT2D eigenvalue weighted by Gasteiger charge is -2.30. The molecule has 0 saturated carbocycles. The van der Waals surface area contributed by atoms with Crippen LogP contribution in [0, 0.1) is 0 Å². The second kappa shape index (κ2) is 8.57. The van der Waals surface area contributed by atoms with E-state index in [1.807, 2.05) is 5.32 Å². The summed E-state index contributed by atoms with van der Waals surface area (Å²) in [5.41, 5.74) is 0.921. The van der Waals surface area contributed by atoms with Gasteiger partial charge in [-0.2, -0.15) is 13.2 Å². The standard InChI is InChI=1S/C16H16F6N2O4/c17-15(18,19)9-27-14(26)23-6-5-13(25)24-7-1-2-10-8-11(3-4-12(10)24)28-16(20,21)22/h3-4,8H,1-2,5-7,9H2,(H,23,26). The van der Waals surface area contributed by atoms with E-state index in [1.54, 1.807) is 0 Å². The van der Waals surface area contributed by atoms with Gasteiger partial charge in [-0.1, -0.05) is 0 Å². The Hall–Kier alpha value is -2.66. The van der Waals surface area contributed by atoms with Gasteiger partial charge < -0.3 is 19.7 Å². The van der Waals surface area contributed by atoms with E-state index < -0.39 is 36.9 Å². The number of halogens is 6. The molecule has 156 valence electrons. The lowest BCUT2D eigenvalue weighted by atomic mass is 10.0. The van der Waals surface area contributed by atoms with E-state index >= 15 is 0 Å². The van der Waals surface area contributed by atoms with Crippen LogP contribution in [0.2, 0.25) is 0 Å². The predicted octanol–water partition coefficient (Wildman–Crippen LogP) is 3.54. The van der Waals surface area contributed by atoms with Gasteiger partial charge in [-0.15, -0.1) is 13.2 Å². The summed E-state index contributed by atoms with van der Waals surface area (Å²) < 4.78 is 80.5. The van der Waals surface area contributed by atoms with E-state index in [9.17, 15) is 35.9 Å². The van der Waals surface area contributed by atoms with Crippen molar-refractivity contribution in [1.29, 1.82) is 0 Å². The second-order valence-corrected chi connectivity index (χ2v) is 5.86. The van der Waals surface area contributed by atoms with Crippen molar-refractivity contribution in [1.82, 2.24) is 5.32 Å². The molecule has 0 aromatic heterocycles. The highest BCUT2D eigenvalue weighted by molar-refractivity contribution is 5.95. The van der Waals surface area contributed by atoms with Crippen molar-refractivity contribution in [3.63, 3.8) is 0 Å². The number of anilines is 1. The Balaban J connectivity index is 1.91. The number of aryl methyl sites for hydroxylation is 1. The number of benzene rings is 1. The van der Waals surface area contributed by atoms with E-state index in [-0.39, 0.29) is 13.0 Å². The number of ether oxygens (including phenoxy) is 2. The number of alkyl carbamates (subject to hydrolysis) is 1. The summed E-state index contributed by atoms with van der Waals surface area (Å²) in [6, 6.07) is 3.62. The first-order valence-corrected chi connectivity index (χ1v) is 8.11. The first kappa shape index (κ1) is 21.6. The molecule has 28 heavy (non-hydrogen) atoms. The van der Waals surface area contributed by atoms with Crippen LogP contribution in [0.3, 0.4) is 0 Å². The molecule has 0 unspecified atom stereocenters. The Labute approximate surface area is 155 Å². The SMILES string of the molecule is O=C(NCCC(=O)N1CCCc2cc(OC(F)(F)F)ccc21)OCC(F)(F)F. The minimum Gasteiger partial charge on any atom is -0.440 e. The molecular weight excluding hydrogens is 398 g/mol. The van der Waals surface area contributed by atoms with Crippen LogP contribution >= 0.6 is 0 Å². The van der Waals surface area contributed by atoms with Crippen molar-refractivity contribution in [3.8, 4) is 5.75 Å². The summed E-state index contributed by atoms with van der Waals surface area (Å²) in [4.78, 5) is 24.8. The Morgan fingerprint density at radius 2 is 1.86 bits per heavy atom. The van der Waals surface area contributed by atoms with Gasteiger partial charge in [-0.3, -0.25) is 4.79 Å². The van der Waals surface area contributed by atoms with Gasteiger partial charge >= 0.3 is 18.6 Å². The Morgan fingerprint density at radius 3 is 2.50 bits per heavy atom. The van der Waals surface area contributed by atoms with Gasteiger partial charge in [0.15, 0.2) is 6.61 Å². The molecular formula is C16H16F6N2O4. The molecule has 0 aliphatic carbocycles. The number of carbonyl (C=O) groups is 2. The molecule has 0 radical (unpaired) electrons. The highest BCUT2D eigenvalue weighted by atomic mass is 19.4. The zero-order valence-electron chi connectivity index (χ0n) is 14.3. The van der Waals surface area contributed by atoms with Crippen molar-refractivity contribution in [2.45, 2.75) is 31.8 Å². The summed E-state index contributed by atoms with van der Waals surface area (Å²) in [5.74, 6) is -0.837. The normalized spacial score (nSPS) is 14.3. The topological polar surface area (TPSA) is 67.9 Å². The molecule has 1 N–H and O–H groups in total. The number of nitrogens with one attached hydrogen (secondary N) is 1. The monoisotopic (exact) mass is 414 g/mol. The maximum Gasteiger partial charge on any atom is 0.573 e. The number of carbonyl (C=O) groups excluding carboxylic acids is 2. The van der Waals surface area contributed by atoms with Crippen molar-refractivity contribution >= 4 is 17.7 Å². The maximum absolute atomic E-state index is 12.3. The average molecular weight is 414 g/mol. The van der Waals surface area contributed by atoms with Crippen LogP contribution in [0.4, 0.5) is 36.8 Å². The highest BCUT2D eigenvalue weighted by Gasteiger charge is 2.32. The Kier molecular flexibility index (Phi) is 6.62. The quantitative estimate of drug-likeness (QED) is 0.749. The van der Waals surface area contributed by atoms with Gasteiger partial charge in [-0.25, -0.2) is 4.79 Å². The smallest absolute Gasteiger partial charge is 0.440 e. The van der Waals surface area contributed by atoms with Gasteiger partial charge in [0, 0.05) is 25.2 Å². The first-order valence-electron chi connectivity index (χ1n) is 8.11. The molecule has 2 rings (SSSR count). The molecule has 0 saturated heterocycles. The van der Waals surface area contributed by atoms with Gasteiger partial charge in [0.25, 0.3) is 0 Å². The van der Waals surface area contributed by atoms with E-state index in [0.29, 0.717) is 30.6 Å². The molecule has 1 heterocycles. The molecule has 1 aromatic rings. The fourth-order valence-electron chi connectivity index (χ4n) is 2.63. The zero-order chi connectivity index (χ0) is 20.9. The molecule has 6 nitrogen and oxygen atoms in total. The van der Waals surface area contributed by atoms with E-state index in [1.165, 1.54) is 17.0 Å². The van der Waals surface area contributed by atoms with Crippen LogP contribution in [0.1, 0.15) is 18.4 Å². The van der Waals surface area contributed by atoms with Crippen molar-refractivity contribution in [3.05, 3.63) is 23.8 Å². The average Bonchev–Trinajstić information content (AvgIpc) is 2.57. The minimum absolute atomic E-state index is 0.221. The predicted molar refractivity (Wildman–Crippen MR) is 83.8 cm³/mol. The number of amides is 2. The van der Waals surface area contributed by atoms with E-state index in [2.05, 4.69) is 9.47 Å². The van der Waals surface area contributed by atoms with Gasteiger partial charge in [0.1, 0.15) is 5.75 Å². The molecule has 1 aromatic carbocycles. The van der Waals surface area contributed by atoms with Crippen LogP contribution in [-0.4, -0.2) is 44.2 Å². The molecule has 1 aliphatic heterocycles. The molecule has 1 aliphatic rings. The molecule has 12 heteroatoms. The fraction of sp³-hybridized carbons (Fsp3) is 0.500. The molecule has 0 bridgehead atoms. The number of rotatable bonds is 5. The third kappa shape index (κ3) is 6.82. The van der Waals surface area contributed by atoms with Crippen LogP contribution in [0.5, 0.6) is 5.75 Å². The molecule has 2 amide bonds. The largest absolute Gasteiger partial charge is 0.573 e. The maximum atomic E-state index is 12.3. The zero-order valence-corrected chi connectivity index (χ0v) is 14.3. The van der Waals surface area contributed by atoms with Gasteiger partial charge in [0.2, 0.25) is 5.91 Å². The number of hydrogen-bond donors (Lipinski definition) is 1. The van der Waals surface area contributed by atoms with E-state index in [4.69, 9.17) is 0 Å². The third-order valence-corrected chi connectivity index (χ3v) is 3.68. The van der Waals surface area contributed by atoms with Gasteiger partial charge in [-0.05, 0) is 36.6 Å². The van der Waals surface area contributed by atoms with Gasteiger partial charge in [0.05, 0.1) is 0 Å². The fourth-order valence-corrected chi connectivity index (χ4v) is 2.63. The molecule has 0 atom stereocenters. The lowest BCUT2D eigenvalue weighted by molar-refractivity contribution is -0.274. The van der Waals surface area contributed by atoms with Crippen LogP contribution in [0.15, 0.2) is 18.2 Å². The number of hydrogen-bond acceptors (Lipinski definition) is 4. The van der Waals surface area contributed by atoms with Crippen LogP contribution in [0.25, 0.3) is 0 Å². The van der Waals surface area contributed by atoms with E-state index in [0.717, 1.165) is 6.07 Å². The van der Waals surface area contributed by atoms with Crippen molar-refractivity contribution in [2.75, 3.05) is 24.6 Å². The Morgan fingerprint density at radius 1 is 1.14 bits per heavy atom. The van der Waals surface area contributed by atoms with Crippen LogP contribution in [-0.2, 0) is 16.0 Å². The summed E-state index contributed by atoms with van der Waals surface area (Å²) >= 11 is 0.